The number of carboxylic acid groups (broad SMARTS) is 1. The molecular formula is C16H17N3O4S. The zero-order valence-electron chi connectivity index (χ0n) is 13.0. The molecule has 0 bridgehead atoms. The number of nitrogens with one attached hydrogen (secondary N) is 2. The predicted molar refractivity (Wildman–Crippen MR) is 89.9 cm³/mol. The number of amides is 2. The lowest BCUT2D eigenvalue weighted by atomic mass is 10.1. The number of aromatic nitrogens is 1. The van der Waals surface area contributed by atoms with Crippen molar-refractivity contribution in [2.24, 2.45) is 0 Å². The van der Waals surface area contributed by atoms with Gasteiger partial charge in [0.2, 0.25) is 5.91 Å². The predicted octanol–water partition coefficient (Wildman–Crippen LogP) is 2.44. The molecule has 1 atom stereocenters. The lowest BCUT2D eigenvalue weighted by Gasteiger charge is -2.13. The molecule has 0 aliphatic carbocycles. The van der Waals surface area contributed by atoms with E-state index in [9.17, 15) is 19.5 Å². The Balaban J connectivity index is 2.07. The van der Waals surface area contributed by atoms with Crippen molar-refractivity contribution < 1.29 is 19.5 Å². The maximum atomic E-state index is 12.2. The second-order valence-corrected chi connectivity index (χ2v) is 5.85. The van der Waals surface area contributed by atoms with E-state index in [0.29, 0.717) is 23.5 Å². The summed E-state index contributed by atoms with van der Waals surface area (Å²) in [5.41, 5.74) is 0.527. The first-order chi connectivity index (χ1) is 11.5. The normalized spacial score (nSPS) is 11.5. The molecule has 0 saturated carbocycles. The molecule has 0 saturated heterocycles. The Morgan fingerprint density at radius 2 is 1.96 bits per heavy atom. The van der Waals surface area contributed by atoms with Crippen LogP contribution >= 0.6 is 11.3 Å². The molecule has 1 aromatic carbocycles. The van der Waals surface area contributed by atoms with Crippen molar-refractivity contribution in [3.63, 3.8) is 0 Å². The summed E-state index contributed by atoms with van der Waals surface area (Å²) >= 11 is 1.11. The lowest BCUT2D eigenvalue weighted by molar-refractivity contribution is -0.139. The highest BCUT2D eigenvalue weighted by molar-refractivity contribution is 7.14. The molecule has 0 spiro atoms. The minimum Gasteiger partial charge on any atom is -0.479 e. The molecule has 24 heavy (non-hydrogen) atoms. The van der Waals surface area contributed by atoms with Crippen molar-refractivity contribution in [3.8, 4) is 0 Å². The van der Waals surface area contributed by atoms with Gasteiger partial charge in [-0.1, -0.05) is 37.3 Å². The average Bonchev–Trinajstić information content (AvgIpc) is 3.01. The highest BCUT2D eigenvalue weighted by Crippen LogP contribution is 2.18. The third-order valence-electron chi connectivity index (χ3n) is 3.12. The molecule has 2 rings (SSSR count). The van der Waals surface area contributed by atoms with Gasteiger partial charge in [-0.2, -0.15) is 0 Å². The fourth-order valence-electron chi connectivity index (χ4n) is 1.98. The first-order valence-corrected chi connectivity index (χ1v) is 8.23. The second-order valence-electron chi connectivity index (χ2n) is 4.99. The van der Waals surface area contributed by atoms with Gasteiger partial charge in [0.05, 0.1) is 0 Å². The van der Waals surface area contributed by atoms with Crippen molar-refractivity contribution in [3.05, 3.63) is 47.0 Å². The maximum Gasteiger partial charge on any atom is 0.330 e. The summed E-state index contributed by atoms with van der Waals surface area (Å²) in [5, 5.41) is 16.1. The molecule has 0 aliphatic heterocycles. The topological polar surface area (TPSA) is 108 Å². The van der Waals surface area contributed by atoms with Crippen LogP contribution in [0.25, 0.3) is 0 Å². The Hall–Kier alpha value is -2.74. The number of carboxylic acids is 1. The van der Waals surface area contributed by atoms with Crippen LogP contribution in [0.1, 0.15) is 41.9 Å². The minimum atomic E-state index is -1.17. The monoisotopic (exact) mass is 347 g/mol. The Kier molecular flexibility index (Phi) is 6.02. The third-order valence-corrected chi connectivity index (χ3v) is 3.87. The van der Waals surface area contributed by atoms with Gasteiger partial charge in [0, 0.05) is 11.8 Å². The average molecular weight is 347 g/mol. The van der Waals surface area contributed by atoms with Crippen LogP contribution in [0.3, 0.4) is 0 Å². The van der Waals surface area contributed by atoms with Gasteiger partial charge in [-0.15, -0.1) is 11.3 Å². The number of benzene rings is 1. The molecule has 0 aliphatic rings. The van der Waals surface area contributed by atoms with Gasteiger partial charge < -0.3 is 15.7 Å². The van der Waals surface area contributed by atoms with Crippen molar-refractivity contribution in [2.75, 3.05) is 5.32 Å². The number of thiazole rings is 1. The zero-order chi connectivity index (χ0) is 17.5. The summed E-state index contributed by atoms with van der Waals surface area (Å²) in [6.07, 6.45) is 1.08. The quantitative estimate of drug-likeness (QED) is 0.713. The number of rotatable bonds is 7. The molecule has 2 amide bonds. The molecule has 3 N–H and O–H groups in total. The number of carbonyl (C=O) groups excluding carboxylic acids is 2. The van der Waals surface area contributed by atoms with E-state index in [0.717, 1.165) is 11.3 Å². The van der Waals surface area contributed by atoms with Gasteiger partial charge in [-0.05, 0) is 12.0 Å². The van der Waals surface area contributed by atoms with Crippen molar-refractivity contribution in [1.82, 2.24) is 10.3 Å². The summed E-state index contributed by atoms with van der Waals surface area (Å²) in [5.74, 6) is -1.95. The minimum absolute atomic E-state index is 0.0639. The van der Waals surface area contributed by atoms with Crippen LogP contribution < -0.4 is 10.6 Å². The van der Waals surface area contributed by atoms with Crippen molar-refractivity contribution >= 4 is 34.3 Å². The Morgan fingerprint density at radius 3 is 2.58 bits per heavy atom. The third kappa shape index (κ3) is 4.63. The zero-order valence-corrected chi connectivity index (χ0v) is 13.8. The van der Waals surface area contributed by atoms with Gasteiger partial charge in [0.1, 0.15) is 5.69 Å². The molecule has 1 unspecified atom stereocenters. The van der Waals surface area contributed by atoms with Crippen LogP contribution in [0.5, 0.6) is 0 Å². The lowest BCUT2D eigenvalue weighted by Crippen LogP contribution is -2.33. The van der Waals surface area contributed by atoms with E-state index in [-0.39, 0.29) is 11.6 Å². The van der Waals surface area contributed by atoms with Gasteiger partial charge in [-0.25, -0.2) is 9.78 Å². The van der Waals surface area contributed by atoms with E-state index >= 15 is 0 Å². The van der Waals surface area contributed by atoms with E-state index < -0.39 is 17.9 Å². The van der Waals surface area contributed by atoms with Crippen molar-refractivity contribution in [2.45, 2.75) is 25.8 Å². The van der Waals surface area contributed by atoms with Crippen LogP contribution in [-0.4, -0.2) is 27.9 Å². The van der Waals surface area contributed by atoms with Crippen molar-refractivity contribution in [1.29, 1.82) is 0 Å². The second kappa shape index (κ2) is 8.21. The number of hydrogen-bond donors (Lipinski definition) is 3. The van der Waals surface area contributed by atoms with Gasteiger partial charge >= 0.3 is 5.97 Å². The van der Waals surface area contributed by atoms with E-state index in [1.165, 1.54) is 5.38 Å². The molecule has 126 valence electrons. The highest BCUT2D eigenvalue weighted by atomic mass is 32.1. The fourth-order valence-corrected chi connectivity index (χ4v) is 2.69. The molecule has 1 heterocycles. The molecule has 1 aromatic heterocycles. The van der Waals surface area contributed by atoms with Crippen LogP contribution in [-0.2, 0) is 9.59 Å². The number of carbonyl (C=O) groups is 3. The first kappa shape index (κ1) is 17.6. The van der Waals surface area contributed by atoms with E-state index in [2.05, 4.69) is 15.6 Å². The Morgan fingerprint density at radius 1 is 1.25 bits per heavy atom. The van der Waals surface area contributed by atoms with Crippen LogP contribution in [0.2, 0.25) is 0 Å². The number of nitrogens with zero attached hydrogens (tertiary/aromatic N) is 1. The summed E-state index contributed by atoms with van der Waals surface area (Å²) in [6, 6.07) is 7.23. The maximum absolute atomic E-state index is 12.2. The summed E-state index contributed by atoms with van der Waals surface area (Å²) in [7, 11) is 0. The van der Waals surface area contributed by atoms with Crippen LogP contribution in [0.15, 0.2) is 35.7 Å². The molecule has 8 heteroatoms. The number of hydrogen-bond acceptors (Lipinski definition) is 5. The first-order valence-electron chi connectivity index (χ1n) is 7.35. The van der Waals surface area contributed by atoms with E-state index in [1.54, 1.807) is 30.3 Å². The number of aliphatic carboxylic acids is 1. The smallest absolute Gasteiger partial charge is 0.330 e. The summed E-state index contributed by atoms with van der Waals surface area (Å²) in [6.45, 7) is 1.88. The molecular weight excluding hydrogens is 330 g/mol. The molecule has 0 fully saturated rings. The van der Waals surface area contributed by atoms with Gasteiger partial charge in [0.15, 0.2) is 11.2 Å². The number of anilines is 1. The van der Waals surface area contributed by atoms with Crippen LogP contribution in [0, 0.1) is 0 Å². The van der Waals surface area contributed by atoms with Gasteiger partial charge in [0.25, 0.3) is 5.91 Å². The largest absolute Gasteiger partial charge is 0.479 e. The molecule has 0 radical (unpaired) electrons. The fraction of sp³-hybridized carbons (Fsp3) is 0.250. The molecule has 2 aromatic rings. The summed E-state index contributed by atoms with van der Waals surface area (Å²) in [4.78, 5) is 39.2. The SMILES string of the molecule is CCCC(=O)Nc1nc(C(=O)NC(C(=O)O)c2ccccc2)cs1. The van der Waals surface area contributed by atoms with E-state index in [1.807, 2.05) is 6.92 Å². The molecule has 7 nitrogen and oxygen atoms in total. The van der Waals surface area contributed by atoms with Gasteiger partial charge in [-0.3, -0.25) is 9.59 Å². The Labute approximate surface area is 142 Å². The van der Waals surface area contributed by atoms with Crippen LogP contribution in [0.4, 0.5) is 5.13 Å². The standard InChI is InChI=1S/C16H17N3O4S/c1-2-6-12(20)18-16-17-11(9-24-16)14(21)19-13(15(22)23)10-7-4-3-5-8-10/h3-5,7-9,13H,2,6H2,1H3,(H,19,21)(H,22,23)(H,17,18,20). The highest BCUT2D eigenvalue weighted by Gasteiger charge is 2.23. The summed E-state index contributed by atoms with van der Waals surface area (Å²) < 4.78 is 0. The van der Waals surface area contributed by atoms with E-state index in [4.69, 9.17) is 0 Å². The Bertz CT molecular complexity index is 730.